The molecular formula is C13H20N2O. The first kappa shape index (κ1) is 11.4. The molecule has 0 atom stereocenters. The third-order valence-corrected chi connectivity index (χ3v) is 4.00. The van der Waals surface area contributed by atoms with Crippen molar-refractivity contribution in [2.45, 2.75) is 57.4 Å². The molecule has 2 saturated carbocycles. The van der Waals surface area contributed by atoms with E-state index >= 15 is 0 Å². The molecule has 1 amide bonds. The van der Waals surface area contributed by atoms with E-state index < -0.39 is 5.41 Å². The summed E-state index contributed by atoms with van der Waals surface area (Å²) < 4.78 is 0. The molecule has 3 heteroatoms. The molecule has 0 spiro atoms. The van der Waals surface area contributed by atoms with Crippen LogP contribution in [0.2, 0.25) is 0 Å². The minimum atomic E-state index is -0.701. The molecule has 0 aromatic rings. The summed E-state index contributed by atoms with van der Waals surface area (Å²) in [7, 11) is 1.87. The predicted molar refractivity (Wildman–Crippen MR) is 61.5 cm³/mol. The molecule has 0 radical (unpaired) electrons. The fourth-order valence-electron chi connectivity index (χ4n) is 2.67. The normalized spacial score (nSPS) is 24.2. The molecular weight excluding hydrogens is 200 g/mol. The smallest absolute Gasteiger partial charge is 0.243 e. The van der Waals surface area contributed by atoms with Gasteiger partial charge < -0.3 is 4.90 Å². The molecule has 0 aromatic heterocycles. The monoisotopic (exact) mass is 220 g/mol. The van der Waals surface area contributed by atoms with Crippen LogP contribution >= 0.6 is 0 Å². The van der Waals surface area contributed by atoms with E-state index in [4.69, 9.17) is 0 Å². The van der Waals surface area contributed by atoms with Crippen LogP contribution in [0.5, 0.6) is 0 Å². The van der Waals surface area contributed by atoms with Crippen LogP contribution in [0, 0.1) is 16.7 Å². The van der Waals surface area contributed by atoms with Crippen LogP contribution in [0.25, 0.3) is 0 Å². The minimum Gasteiger partial charge on any atom is -0.341 e. The summed E-state index contributed by atoms with van der Waals surface area (Å²) in [5.74, 6) is 0.0828. The van der Waals surface area contributed by atoms with Crippen molar-refractivity contribution in [3.63, 3.8) is 0 Å². The Labute approximate surface area is 97.4 Å². The first-order valence-corrected chi connectivity index (χ1v) is 6.38. The van der Waals surface area contributed by atoms with Gasteiger partial charge >= 0.3 is 0 Å². The van der Waals surface area contributed by atoms with Crippen LogP contribution < -0.4 is 0 Å². The van der Waals surface area contributed by atoms with Gasteiger partial charge in [0.1, 0.15) is 5.41 Å². The fourth-order valence-corrected chi connectivity index (χ4v) is 2.67. The third-order valence-electron chi connectivity index (χ3n) is 4.00. The predicted octanol–water partition coefficient (Wildman–Crippen LogP) is 2.47. The third kappa shape index (κ3) is 2.07. The van der Waals surface area contributed by atoms with E-state index in [0.717, 1.165) is 38.5 Å². The van der Waals surface area contributed by atoms with Gasteiger partial charge in [-0.2, -0.15) is 5.26 Å². The van der Waals surface area contributed by atoms with Crippen LogP contribution in [0.1, 0.15) is 51.4 Å². The van der Waals surface area contributed by atoms with Gasteiger partial charge in [0.2, 0.25) is 5.91 Å². The molecule has 16 heavy (non-hydrogen) atoms. The maximum atomic E-state index is 12.4. The van der Waals surface area contributed by atoms with Gasteiger partial charge in [-0.15, -0.1) is 0 Å². The lowest BCUT2D eigenvalue weighted by Crippen LogP contribution is -2.42. The Morgan fingerprint density at radius 3 is 2.25 bits per heavy atom. The Balaban J connectivity index is 2.12. The van der Waals surface area contributed by atoms with E-state index in [1.807, 2.05) is 11.9 Å². The van der Waals surface area contributed by atoms with Gasteiger partial charge in [0.05, 0.1) is 6.07 Å². The van der Waals surface area contributed by atoms with Gasteiger partial charge in [-0.05, 0) is 25.7 Å². The van der Waals surface area contributed by atoms with Crippen molar-refractivity contribution in [1.29, 1.82) is 5.26 Å². The molecule has 0 unspecified atom stereocenters. The summed E-state index contributed by atoms with van der Waals surface area (Å²) >= 11 is 0. The van der Waals surface area contributed by atoms with Gasteiger partial charge in [-0.25, -0.2) is 0 Å². The van der Waals surface area contributed by atoms with Gasteiger partial charge in [-0.1, -0.05) is 25.7 Å². The molecule has 0 N–H and O–H groups in total. The van der Waals surface area contributed by atoms with Crippen molar-refractivity contribution >= 4 is 5.91 Å². The molecule has 2 rings (SSSR count). The maximum absolute atomic E-state index is 12.4. The van der Waals surface area contributed by atoms with Crippen LogP contribution in [0.3, 0.4) is 0 Å². The van der Waals surface area contributed by atoms with Gasteiger partial charge in [-0.3, -0.25) is 4.79 Å². The Hall–Kier alpha value is -1.04. The van der Waals surface area contributed by atoms with Crippen LogP contribution in [0.4, 0.5) is 0 Å². The number of rotatable bonds is 2. The number of carbonyl (C=O) groups excluding carboxylic acids is 1. The Bertz CT molecular complexity index is 306. The highest BCUT2D eigenvalue weighted by atomic mass is 16.2. The van der Waals surface area contributed by atoms with Crippen LogP contribution in [-0.4, -0.2) is 23.9 Å². The summed E-state index contributed by atoms with van der Waals surface area (Å²) in [4.78, 5) is 14.2. The number of nitriles is 1. The molecule has 88 valence electrons. The molecule has 0 heterocycles. The zero-order chi connectivity index (χ0) is 11.6. The molecule has 0 aliphatic heterocycles. The summed E-state index contributed by atoms with van der Waals surface area (Å²) in [6.45, 7) is 0. The molecule has 0 saturated heterocycles. The topological polar surface area (TPSA) is 44.1 Å². The average molecular weight is 220 g/mol. The lowest BCUT2D eigenvalue weighted by Gasteiger charge is -2.29. The van der Waals surface area contributed by atoms with E-state index in [1.54, 1.807) is 0 Å². The zero-order valence-corrected chi connectivity index (χ0v) is 10.0. The Morgan fingerprint density at radius 1 is 1.25 bits per heavy atom. The maximum Gasteiger partial charge on any atom is 0.243 e. The number of amides is 1. The Morgan fingerprint density at radius 2 is 1.81 bits per heavy atom. The highest BCUT2D eigenvalue weighted by molar-refractivity contribution is 5.85. The summed E-state index contributed by atoms with van der Waals surface area (Å²) in [6.07, 6.45) is 8.15. The lowest BCUT2D eigenvalue weighted by atomic mass is 9.80. The largest absolute Gasteiger partial charge is 0.341 e. The van der Waals surface area contributed by atoms with Crippen molar-refractivity contribution in [3.05, 3.63) is 0 Å². The SMILES string of the molecule is CN(C(=O)C1(C#N)CCCCCC1)C1CC1. The quantitative estimate of drug-likeness (QED) is 0.671. The van der Waals surface area contributed by atoms with Crippen LogP contribution in [-0.2, 0) is 4.79 Å². The molecule has 3 nitrogen and oxygen atoms in total. The summed E-state index contributed by atoms with van der Waals surface area (Å²) in [5.41, 5.74) is -0.701. The van der Waals surface area contributed by atoms with Crippen molar-refractivity contribution < 1.29 is 4.79 Å². The zero-order valence-electron chi connectivity index (χ0n) is 10.0. The van der Waals surface area contributed by atoms with Gasteiger partial charge in [0, 0.05) is 13.1 Å². The summed E-state index contributed by atoms with van der Waals surface area (Å²) in [6, 6.07) is 2.75. The molecule has 0 bridgehead atoms. The molecule has 0 aromatic carbocycles. The van der Waals surface area contributed by atoms with Gasteiger partial charge in [0.25, 0.3) is 0 Å². The van der Waals surface area contributed by atoms with Gasteiger partial charge in [0.15, 0.2) is 0 Å². The number of hydrogen-bond acceptors (Lipinski definition) is 2. The number of carbonyl (C=O) groups is 1. The summed E-state index contributed by atoms with van der Waals surface area (Å²) in [5, 5.41) is 9.39. The van der Waals surface area contributed by atoms with Crippen molar-refractivity contribution in [3.8, 4) is 6.07 Å². The molecule has 2 fully saturated rings. The number of nitrogens with zero attached hydrogens (tertiary/aromatic N) is 2. The second-order valence-corrected chi connectivity index (χ2v) is 5.26. The first-order chi connectivity index (χ1) is 7.69. The second-order valence-electron chi connectivity index (χ2n) is 5.26. The lowest BCUT2D eigenvalue weighted by molar-refractivity contribution is -0.138. The molecule has 2 aliphatic rings. The highest BCUT2D eigenvalue weighted by Gasteiger charge is 2.44. The van der Waals surface area contributed by atoms with E-state index in [2.05, 4.69) is 6.07 Å². The van der Waals surface area contributed by atoms with E-state index in [-0.39, 0.29) is 5.91 Å². The van der Waals surface area contributed by atoms with Crippen molar-refractivity contribution in [2.75, 3.05) is 7.05 Å². The minimum absolute atomic E-state index is 0.0828. The van der Waals surface area contributed by atoms with Crippen molar-refractivity contribution in [1.82, 2.24) is 4.90 Å². The highest BCUT2D eigenvalue weighted by Crippen LogP contribution is 2.38. The van der Waals surface area contributed by atoms with Crippen LogP contribution in [0.15, 0.2) is 0 Å². The van der Waals surface area contributed by atoms with E-state index in [9.17, 15) is 10.1 Å². The van der Waals surface area contributed by atoms with E-state index in [0.29, 0.717) is 6.04 Å². The fraction of sp³-hybridized carbons (Fsp3) is 0.846. The second kappa shape index (κ2) is 4.45. The Kier molecular flexibility index (Phi) is 3.18. The van der Waals surface area contributed by atoms with Crippen molar-refractivity contribution in [2.24, 2.45) is 5.41 Å². The van der Waals surface area contributed by atoms with E-state index in [1.165, 1.54) is 12.8 Å². The first-order valence-electron chi connectivity index (χ1n) is 6.38. The number of hydrogen-bond donors (Lipinski definition) is 0. The molecule has 2 aliphatic carbocycles. The standard InChI is InChI=1S/C13H20N2O/c1-15(11-6-7-11)12(16)13(10-14)8-4-2-3-5-9-13/h11H,2-9H2,1H3. The average Bonchev–Trinajstić information content (AvgIpc) is 3.13.